The molecule has 1 fully saturated rings. The summed E-state index contributed by atoms with van der Waals surface area (Å²) in [5, 5.41) is 23.2. The molecule has 4 rings (SSSR count). The van der Waals surface area contributed by atoms with Crippen LogP contribution in [-0.4, -0.2) is 72.2 Å². The molecule has 176 valence electrons. The van der Waals surface area contributed by atoms with Gasteiger partial charge < -0.3 is 20.1 Å². The summed E-state index contributed by atoms with van der Waals surface area (Å²) in [7, 11) is 1.57. The molecule has 0 saturated carbocycles. The number of carbonyl (C=O) groups excluding carboxylic acids is 1. The molecule has 1 aliphatic heterocycles. The summed E-state index contributed by atoms with van der Waals surface area (Å²) in [6.07, 6.45) is 1.60. The maximum atomic E-state index is 13.5. The number of aliphatic hydroxyl groups excluding tert-OH is 1. The van der Waals surface area contributed by atoms with Crippen molar-refractivity contribution < 1.29 is 14.6 Å². The summed E-state index contributed by atoms with van der Waals surface area (Å²) >= 11 is 6.28. The molecule has 3 aromatic rings. The first-order chi connectivity index (χ1) is 16.5. The lowest BCUT2D eigenvalue weighted by Crippen LogP contribution is -2.49. The van der Waals surface area contributed by atoms with Crippen molar-refractivity contribution in [3.05, 3.63) is 64.3 Å². The fraction of sp³-hybridized carbons (Fsp3) is 0.320. The molecule has 1 amide bonds. The van der Waals surface area contributed by atoms with Gasteiger partial charge in [-0.25, -0.2) is 0 Å². The quantitative estimate of drug-likeness (QED) is 0.536. The molecule has 0 aliphatic carbocycles. The molecule has 0 atom stereocenters. The lowest BCUT2D eigenvalue weighted by Gasteiger charge is -2.34. The summed E-state index contributed by atoms with van der Waals surface area (Å²) < 4.78 is 5.23. The van der Waals surface area contributed by atoms with E-state index in [2.05, 4.69) is 21.3 Å². The Balaban J connectivity index is 1.66. The van der Waals surface area contributed by atoms with Gasteiger partial charge in [-0.3, -0.25) is 14.7 Å². The highest BCUT2D eigenvalue weighted by atomic mass is 35.5. The first-order valence-corrected chi connectivity index (χ1v) is 11.4. The molecular formula is C25H26ClN5O3. The molecule has 0 bridgehead atoms. The topological polar surface area (TPSA) is 102 Å². The Bertz CT molecular complexity index is 1240. The average molecular weight is 480 g/mol. The Labute approximate surface area is 203 Å². The highest BCUT2D eigenvalue weighted by molar-refractivity contribution is 6.32. The van der Waals surface area contributed by atoms with E-state index in [1.165, 1.54) is 0 Å². The minimum atomic E-state index is -0.115. The Morgan fingerprint density at radius 3 is 2.71 bits per heavy atom. The number of pyridine rings is 1. The maximum absolute atomic E-state index is 13.5. The Hall–Kier alpha value is -3.38. The van der Waals surface area contributed by atoms with Gasteiger partial charge in [0.1, 0.15) is 5.75 Å². The zero-order valence-corrected chi connectivity index (χ0v) is 19.7. The Morgan fingerprint density at radius 1 is 1.24 bits per heavy atom. The zero-order valence-electron chi connectivity index (χ0n) is 18.9. The number of piperazine rings is 1. The van der Waals surface area contributed by atoms with Gasteiger partial charge >= 0.3 is 0 Å². The number of aliphatic hydroxyl groups is 1. The van der Waals surface area contributed by atoms with Gasteiger partial charge in [-0.15, -0.1) is 0 Å². The van der Waals surface area contributed by atoms with E-state index in [4.69, 9.17) is 16.3 Å². The van der Waals surface area contributed by atoms with Gasteiger partial charge in [0.15, 0.2) is 0 Å². The predicted molar refractivity (Wildman–Crippen MR) is 131 cm³/mol. The van der Waals surface area contributed by atoms with Crippen molar-refractivity contribution in [1.82, 2.24) is 14.8 Å². The number of rotatable bonds is 7. The van der Waals surface area contributed by atoms with Crippen LogP contribution in [0.25, 0.3) is 10.9 Å². The van der Waals surface area contributed by atoms with Gasteiger partial charge in [-0.05, 0) is 35.9 Å². The molecule has 1 aromatic heterocycles. The lowest BCUT2D eigenvalue weighted by molar-refractivity contribution is 0.0615. The summed E-state index contributed by atoms with van der Waals surface area (Å²) in [5.41, 5.74) is 3.20. The highest BCUT2D eigenvalue weighted by Gasteiger charge is 2.25. The largest absolute Gasteiger partial charge is 0.495 e. The maximum Gasteiger partial charge on any atom is 0.257 e. The molecule has 0 radical (unpaired) electrons. The number of fused-ring (bicyclic) bond motifs is 1. The van der Waals surface area contributed by atoms with Crippen molar-refractivity contribution >= 4 is 34.1 Å². The van der Waals surface area contributed by atoms with E-state index in [1.54, 1.807) is 42.5 Å². The van der Waals surface area contributed by atoms with Crippen LogP contribution in [0.3, 0.4) is 0 Å². The molecule has 0 spiro atoms. The number of carbonyl (C=O) groups is 1. The molecule has 1 saturated heterocycles. The predicted octanol–water partition coefficient (Wildman–Crippen LogP) is 3.13. The second kappa shape index (κ2) is 10.7. The summed E-state index contributed by atoms with van der Waals surface area (Å²) in [4.78, 5) is 21.9. The van der Waals surface area contributed by atoms with Gasteiger partial charge in [0.25, 0.3) is 5.91 Å². The van der Waals surface area contributed by atoms with Crippen LogP contribution >= 0.6 is 11.6 Å². The third kappa shape index (κ3) is 5.07. The fourth-order valence-electron chi connectivity index (χ4n) is 4.11. The Kier molecular flexibility index (Phi) is 7.48. The summed E-state index contributed by atoms with van der Waals surface area (Å²) in [6, 6.07) is 12.9. The van der Waals surface area contributed by atoms with Crippen LogP contribution in [-0.2, 0) is 6.54 Å². The van der Waals surface area contributed by atoms with E-state index in [0.29, 0.717) is 77.8 Å². The van der Waals surface area contributed by atoms with Gasteiger partial charge in [-0.1, -0.05) is 17.7 Å². The van der Waals surface area contributed by atoms with Gasteiger partial charge in [0.2, 0.25) is 0 Å². The standard InChI is InChI=1S/C25H26ClN5O3/c1-34-23-5-3-18(13-21(23)26)15-29-24-19-12-17(14-27)2-4-22(19)28-16-20(24)25(33)31-8-6-30(7-9-31)10-11-32/h2-5,12-13,16,32H,6-11,15H2,1H3,(H,28,29). The number of nitriles is 1. The molecule has 0 unspecified atom stereocenters. The monoisotopic (exact) mass is 479 g/mol. The molecular weight excluding hydrogens is 454 g/mol. The number of ether oxygens (including phenoxy) is 1. The number of nitrogens with zero attached hydrogens (tertiary/aromatic N) is 4. The van der Waals surface area contributed by atoms with Crippen LogP contribution in [0.5, 0.6) is 5.75 Å². The van der Waals surface area contributed by atoms with Crippen molar-refractivity contribution in [3.8, 4) is 11.8 Å². The number of aromatic nitrogens is 1. The number of methoxy groups -OCH3 is 1. The normalized spacial score (nSPS) is 14.1. The highest BCUT2D eigenvalue weighted by Crippen LogP contribution is 2.30. The Morgan fingerprint density at radius 2 is 2.03 bits per heavy atom. The van der Waals surface area contributed by atoms with E-state index in [1.807, 2.05) is 12.1 Å². The molecule has 1 aliphatic rings. The number of hydrogen-bond donors (Lipinski definition) is 2. The molecule has 2 N–H and O–H groups in total. The van der Waals surface area contributed by atoms with E-state index in [0.717, 1.165) is 5.56 Å². The van der Waals surface area contributed by atoms with E-state index in [9.17, 15) is 15.2 Å². The summed E-state index contributed by atoms with van der Waals surface area (Å²) in [6.45, 7) is 3.69. The first-order valence-electron chi connectivity index (χ1n) is 11.1. The molecule has 9 heteroatoms. The van der Waals surface area contributed by atoms with Crippen molar-refractivity contribution in [2.24, 2.45) is 0 Å². The van der Waals surface area contributed by atoms with Gasteiger partial charge in [-0.2, -0.15) is 5.26 Å². The number of amides is 1. The molecule has 34 heavy (non-hydrogen) atoms. The minimum absolute atomic E-state index is 0.104. The molecule has 2 aromatic carbocycles. The van der Waals surface area contributed by atoms with Crippen molar-refractivity contribution in [2.75, 3.05) is 51.8 Å². The van der Waals surface area contributed by atoms with Gasteiger partial charge in [0.05, 0.1) is 47.1 Å². The van der Waals surface area contributed by atoms with Crippen molar-refractivity contribution in [3.63, 3.8) is 0 Å². The van der Waals surface area contributed by atoms with E-state index >= 15 is 0 Å². The van der Waals surface area contributed by atoms with Gasteiger partial charge in [0, 0.05) is 50.9 Å². The van der Waals surface area contributed by atoms with Crippen LogP contribution in [0.4, 0.5) is 5.69 Å². The number of hydrogen-bond acceptors (Lipinski definition) is 7. The van der Waals surface area contributed by atoms with Crippen LogP contribution in [0.1, 0.15) is 21.5 Å². The molecule has 2 heterocycles. The minimum Gasteiger partial charge on any atom is -0.495 e. The molecule has 8 nitrogen and oxygen atoms in total. The van der Waals surface area contributed by atoms with Crippen molar-refractivity contribution in [2.45, 2.75) is 6.54 Å². The van der Waals surface area contributed by atoms with Crippen molar-refractivity contribution in [1.29, 1.82) is 5.26 Å². The zero-order chi connectivity index (χ0) is 24.1. The summed E-state index contributed by atoms with van der Waals surface area (Å²) in [5.74, 6) is 0.477. The SMILES string of the molecule is COc1ccc(CNc2c(C(=O)N3CCN(CCO)CC3)cnc3ccc(C#N)cc23)cc1Cl. The number of benzene rings is 2. The third-order valence-electron chi connectivity index (χ3n) is 5.99. The van der Waals surface area contributed by atoms with E-state index in [-0.39, 0.29) is 12.5 Å². The second-order valence-corrected chi connectivity index (χ2v) is 8.48. The second-order valence-electron chi connectivity index (χ2n) is 8.07. The van der Waals surface area contributed by atoms with Crippen LogP contribution in [0.15, 0.2) is 42.6 Å². The van der Waals surface area contributed by atoms with Crippen LogP contribution in [0.2, 0.25) is 5.02 Å². The first kappa shape index (κ1) is 23.8. The number of nitrogens with one attached hydrogen (secondary N) is 1. The number of anilines is 1. The van der Waals surface area contributed by atoms with E-state index < -0.39 is 0 Å². The third-order valence-corrected chi connectivity index (χ3v) is 6.28. The van der Waals surface area contributed by atoms with Crippen LogP contribution < -0.4 is 10.1 Å². The average Bonchev–Trinajstić information content (AvgIpc) is 2.87. The number of halogens is 1. The number of β-amino-alcohol motifs (C(OH)–C–C–N with tert-alkyl or cyclic N) is 1. The smallest absolute Gasteiger partial charge is 0.257 e. The lowest BCUT2D eigenvalue weighted by atomic mass is 10.0. The van der Waals surface area contributed by atoms with Crippen LogP contribution in [0, 0.1) is 11.3 Å². The fourth-order valence-corrected chi connectivity index (χ4v) is 4.39.